The third kappa shape index (κ3) is 0.915. The minimum atomic E-state index is -1.13. The molecule has 0 saturated carbocycles. The van der Waals surface area contributed by atoms with Crippen molar-refractivity contribution in [3.8, 4) is 0 Å². The number of H-pyrrole nitrogens is 1. The molecule has 0 saturated heterocycles. The van der Waals surface area contributed by atoms with Gasteiger partial charge in [0.1, 0.15) is 5.52 Å². The second-order valence-corrected chi connectivity index (χ2v) is 2.56. The number of nitrogen functional groups attached to an aromatic ring is 1. The molecule has 0 aliphatic rings. The summed E-state index contributed by atoms with van der Waals surface area (Å²) in [5.41, 5.74) is -0.768. The van der Waals surface area contributed by atoms with Crippen molar-refractivity contribution < 1.29 is 8.78 Å². The molecule has 4 nitrogen and oxygen atoms in total. The number of aromatic nitrogens is 2. The Morgan fingerprint density at radius 2 is 2.08 bits per heavy atom. The van der Waals surface area contributed by atoms with E-state index in [1.807, 2.05) is 0 Å². The van der Waals surface area contributed by atoms with Gasteiger partial charge < -0.3 is 10.8 Å². The number of fused-ring (bicyclic) bond motifs is 1. The molecule has 2 rings (SSSR count). The Labute approximate surface area is 70.6 Å². The molecule has 1 aromatic heterocycles. The summed E-state index contributed by atoms with van der Waals surface area (Å²) in [4.78, 5) is 13.2. The summed E-state index contributed by atoms with van der Waals surface area (Å²) in [5, 5.41) is 0. The van der Waals surface area contributed by atoms with E-state index in [1.165, 1.54) is 6.07 Å². The first-order valence-corrected chi connectivity index (χ1v) is 3.45. The topological polar surface area (TPSA) is 63.8 Å². The molecule has 0 unspecified atom stereocenters. The SMILES string of the molecule is Nn1c(=O)[nH]c2ccc(F)c(F)c21. The highest BCUT2D eigenvalue weighted by molar-refractivity contribution is 5.75. The van der Waals surface area contributed by atoms with Crippen LogP contribution in [0.25, 0.3) is 11.0 Å². The van der Waals surface area contributed by atoms with E-state index in [2.05, 4.69) is 4.98 Å². The van der Waals surface area contributed by atoms with Crippen molar-refractivity contribution >= 4 is 11.0 Å². The maximum atomic E-state index is 13.0. The molecule has 6 heteroatoms. The molecule has 1 heterocycles. The third-order valence-electron chi connectivity index (χ3n) is 1.77. The number of benzene rings is 1. The van der Waals surface area contributed by atoms with Crippen molar-refractivity contribution in [2.24, 2.45) is 0 Å². The standard InChI is InChI=1S/C7H5F2N3O/c8-3-1-2-4-6(5(3)9)12(10)7(13)11-4/h1-2H,10H2,(H,11,13). The number of nitrogens with one attached hydrogen (secondary N) is 1. The van der Waals surface area contributed by atoms with Gasteiger partial charge in [0.05, 0.1) is 5.52 Å². The molecule has 0 aliphatic carbocycles. The summed E-state index contributed by atoms with van der Waals surface area (Å²) in [6, 6.07) is 2.17. The van der Waals surface area contributed by atoms with E-state index in [0.717, 1.165) is 6.07 Å². The number of imidazole rings is 1. The van der Waals surface area contributed by atoms with Gasteiger partial charge in [0.25, 0.3) is 0 Å². The molecule has 3 N–H and O–H groups in total. The van der Waals surface area contributed by atoms with Gasteiger partial charge in [-0.15, -0.1) is 0 Å². The van der Waals surface area contributed by atoms with Crippen molar-refractivity contribution in [3.05, 3.63) is 34.3 Å². The number of aromatic amines is 1. The Morgan fingerprint density at radius 1 is 1.38 bits per heavy atom. The smallest absolute Gasteiger partial charge is 0.335 e. The summed E-state index contributed by atoms with van der Waals surface area (Å²) < 4.78 is 26.3. The Bertz CT molecular complexity index is 528. The molecule has 0 amide bonds. The maximum absolute atomic E-state index is 13.0. The van der Waals surface area contributed by atoms with Gasteiger partial charge in [0.2, 0.25) is 0 Å². The number of halogens is 2. The number of nitrogens with two attached hydrogens (primary N) is 1. The lowest BCUT2D eigenvalue weighted by atomic mass is 10.3. The molecule has 0 radical (unpaired) electrons. The second-order valence-electron chi connectivity index (χ2n) is 2.56. The summed E-state index contributed by atoms with van der Waals surface area (Å²) in [6.45, 7) is 0. The zero-order chi connectivity index (χ0) is 9.59. The first-order valence-electron chi connectivity index (χ1n) is 3.45. The van der Waals surface area contributed by atoms with Crippen LogP contribution in [-0.2, 0) is 0 Å². The van der Waals surface area contributed by atoms with Crippen LogP contribution in [0.4, 0.5) is 8.78 Å². The zero-order valence-electron chi connectivity index (χ0n) is 6.34. The highest BCUT2D eigenvalue weighted by Gasteiger charge is 2.12. The van der Waals surface area contributed by atoms with Crippen molar-refractivity contribution in [2.75, 3.05) is 5.84 Å². The van der Waals surface area contributed by atoms with Gasteiger partial charge >= 0.3 is 5.69 Å². The highest BCUT2D eigenvalue weighted by atomic mass is 19.2. The van der Waals surface area contributed by atoms with Gasteiger partial charge in [-0.3, -0.25) is 0 Å². The normalized spacial score (nSPS) is 10.9. The summed E-state index contributed by atoms with van der Waals surface area (Å²) in [5.74, 6) is 3.01. The van der Waals surface area contributed by atoms with E-state index in [0.29, 0.717) is 4.68 Å². The van der Waals surface area contributed by atoms with Gasteiger partial charge in [0, 0.05) is 0 Å². The summed E-state index contributed by atoms with van der Waals surface area (Å²) >= 11 is 0. The van der Waals surface area contributed by atoms with Crippen LogP contribution in [0.15, 0.2) is 16.9 Å². The van der Waals surface area contributed by atoms with Crippen LogP contribution in [0.5, 0.6) is 0 Å². The largest absolute Gasteiger partial charge is 0.345 e. The fourth-order valence-electron chi connectivity index (χ4n) is 1.15. The summed E-state index contributed by atoms with van der Waals surface area (Å²) in [6.07, 6.45) is 0. The minimum Gasteiger partial charge on any atom is -0.335 e. The second kappa shape index (κ2) is 2.32. The number of nitrogens with zero attached hydrogens (tertiary/aromatic N) is 1. The molecule has 0 fully saturated rings. The van der Waals surface area contributed by atoms with E-state index in [4.69, 9.17) is 5.84 Å². The Balaban J connectivity index is 3.05. The fraction of sp³-hybridized carbons (Fsp3) is 0. The van der Waals surface area contributed by atoms with Crippen LogP contribution in [0.2, 0.25) is 0 Å². The molecule has 0 aliphatic heterocycles. The minimum absolute atomic E-state index is 0.173. The lowest BCUT2D eigenvalue weighted by molar-refractivity contribution is 0.514. The van der Waals surface area contributed by atoms with E-state index in [9.17, 15) is 13.6 Å². The van der Waals surface area contributed by atoms with Crippen LogP contribution >= 0.6 is 0 Å². The monoisotopic (exact) mass is 185 g/mol. The molecule has 2 aromatic rings. The predicted molar refractivity (Wildman–Crippen MR) is 42.6 cm³/mol. The molecule has 0 atom stereocenters. The van der Waals surface area contributed by atoms with Crippen LogP contribution in [0.1, 0.15) is 0 Å². The van der Waals surface area contributed by atoms with Crippen molar-refractivity contribution in [3.63, 3.8) is 0 Å². The molecule has 13 heavy (non-hydrogen) atoms. The molecule has 68 valence electrons. The first kappa shape index (κ1) is 7.78. The molecule has 1 aromatic carbocycles. The average Bonchev–Trinajstić information content (AvgIpc) is 2.37. The Morgan fingerprint density at radius 3 is 2.77 bits per heavy atom. The van der Waals surface area contributed by atoms with E-state index in [-0.39, 0.29) is 11.0 Å². The molecular formula is C7H5F2N3O. The van der Waals surface area contributed by atoms with Crippen molar-refractivity contribution in [2.45, 2.75) is 0 Å². The summed E-state index contributed by atoms with van der Waals surface area (Å²) in [7, 11) is 0. The van der Waals surface area contributed by atoms with Gasteiger partial charge in [-0.25, -0.2) is 18.3 Å². The zero-order valence-corrected chi connectivity index (χ0v) is 6.34. The molecular weight excluding hydrogens is 180 g/mol. The lowest BCUT2D eigenvalue weighted by Crippen LogP contribution is -2.24. The third-order valence-corrected chi connectivity index (χ3v) is 1.77. The fourth-order valence-corrected chi connectivity index (χ4v) is 1.15. The molecule has 0 spiro atoms. The van der Waals surface area contributed by atoms with E-state index < -0.39 is 17.3 Å². The van der Waals surface area contributed by atoms with Gasteiger partial charge in [-0.05, 0) is 12.1 Å². The van der Waals surface area contributed by atoms with E-state index in [1.54, 1.807) is 0 Å². The first-order chi connectivity index (χ1) is 6.11. The van der Waals surface area contributed by atoms with Gasteiger partial charge in [-0.2, -0.15) is 0 Å². The quantitative estimate of drug-likeness (QED) is 0.580. The van der Waals surface area contributed by atoms with Gasteiger partial charge in [-0.1, -0.05) is 0 Å². The van der Waals surface area contributed by atoms with Gasteiger partial charge in [0.15, 0.2) is 11.6 Å². The number of hydrogen-bond donors (Lipinski definition) is 2. The average molecular weight is 185 g/mol. The maximum Gasteiger partial charge on any atom is 0.345 e. The lowest BCUT2D eigenvalue weighted by Gasteiger charge is -1.96. The number of hydrogen-bond acceptors (Lipinski definition) is 2. The van der Waals surface area contributed by atoms with Crippen LogP contribution in [-0.4, -0.2) is 9.66 Å². The predicted octanol–water partition coefficient (Wildman–Crippen LogP) is 0.322. The highest BCUT2D eigenvalue weighted by Crippen LogP contribution is 2.15. The van der Waals surface area contributed by atoms with Crippen LogP contribution < -0.4 is 11.5 Å². The number of rotatable bonds is 0. The molecule has 0 bridgehead atoms. The Hall–Kier alpha value is -1.85. The van der Waals surface area contributed by atoms with Crippen molar-refractivity contribution in [1.82, 2.24) is 9.66 Å². The van der Waals surface area contributed by atoms with Crippen LogP contribution in [0.3, 0.4) is 0 Å². The Kier molecular flexibility index (Phi) is 1.39. The van der Waals surface area contributed by atoms with Crippen molar-refractivity contribution in [1.29, 1.82) is 0 Å². The van der Waals surface area contributed by atoms with Crippen LogP contribution in [0, 0.1) is 11.6 Å². The van der Waals surface area contributed by atoms with E-state index >= 15 is 0 Å².